The van der Waals surface area contributed by atoms with Gasteiger partial charge in [-0.3, -0.25) is 4.57 Å². The Bertz CT molecular complexity index is 774. The van der Waals surface area contributed by atoms with E-state index in [-0.39, 0.29) is 11.6 Å². The van der Waals surface area contributed by atoms with E-state index in [4.69, 9.17) is 0 Å². The molecule has 3 rings (SSSR count). The molecule has 0 saturated heterocycles. The number of rotatable bonds is 3. The van der Waals surface area contributed by atoms with E-state index in [1.165, 1.54) is 10.8 Å². The Morgan fingerprint density at radius 2 is 1.77 bits per heavy atom. The standard InChI is InChI=1S/C14H10F4N4/c15-8-10-9-21(11-4-2-1-3-5-11)13(19-10)22-7-6-12(20-22)14(16,17)18/h1-7,9H,8H2. The van der Waals surface area contributed by atoms with Crippen LogP contribution in [-0.2, 0) is 12.9 Å². The second kappa shape index (κ2) is 5.28. The zero-order chi connectivity index (χ0) is 15.7. The molecule has 0 bridgehead atoms. The third-order valence-electron chi connectivity index (χ3n) is 2.99. The quantitative estimate of drug-likeness (QED) is 0.694. The summed E-state index contributed by atoms with van der Waals surface area (Å²) in [5.41, 5.74) is -0.270. The Morgan fingerprint density at radius 3 is 2.36 bits per heavy atom. The van der Waals surface area contributed by atoms with Crippen LogP contribution in [-0.4, -0.2) is 19.3 Å². The first kappa shape index (κ1) is 14.3. The molecule has 0 amide bonds. The third-order valence-corrected chi connectivity index (χ3v) is 2.99. The molecule has 22 heavy (non-hydrogen) atoms. The molecule has 0 radical (unpaired) electrons. The molecule has 0 N–H and O–H groups in total. The number of imidazole rings is 1. The van der Waals surface area contributed by atoms with E-state index in [1.807, 2.05) is 0 Å². The molecular weight excluding hydrogens is 300 g/mol. The smallest absolute Gasteiger partial charge is 0.284 e. The van der Waals surface area contributed by atoms with Crippen molar-refractivity contribution in [1.82, 2.24) is 19.3 Å². The summed E-state index contributed by atoms with van der Waals surface area (Å²) >= 11 is 0. The van der Waals surface area contributed by atoms with Gasteiger partial charge in [0.15, 0.2) is 5.69 Å². The molecule has 3 aromatic rings. The molecule has 0 unspecified atom stereocenters. The molecule has 0 aliphatic carbocycles. The lowest BCUT2D eigenvalue weighted by molar-refractivity contribution is -0.141. The Kier molecular flexibility index (Phi) is 3.44. The summed E-state index contributed by atoms with van der Waals surface area (Å²) < 4.78 is 53.3. The van der Waals surface area contributed by atoms with Gasteiger partial charge in [-0.05, 0) is 18.2 Å². The van der Waals surface area contributed by atoms with Gasteiger partial charge in [-0.2, -0.15) is 18.3 Å². The van der Waals surface area contributed by atoms with Crippen molar-refractivity contribution in [1.29, 1.82) is 0 Å². The van der Waals surface area contributed by atoms with Crippen LogP contribution in [0.25, 0.3) is 11.6 Å². The maximum atomic E-state index is 12.9. The van der Waals surface area contributed by atoms with Gasteiger partial charge in [0.25, 0.3) is 0 Å². The summed E-state index contributed by atoms with van der Waals surface area (Å²) in [6.45, 7) is -0.819. The van der Waals surface area contributed by atoms with Crippen LogP contribution < -0.4 is 0 Å². The third kappa shape index (κ3) is 2.59. The number of halogens is 4. The first-order valence-electron chi connectivity index (χ1n) is 6.32. The molecule has 2 heterocycles. The molecule has 0 saturated carbocycles. The van der Waals surface area contributed by atoms with Crippen LogP contribution in [0.2, 0.25) is 0 Å². The fourth-order valence-corrected chi connectivity index (χ4v) is 2.01. The monoisotopic (exact) mass is 310 g/mol. The molecule has 1 aromatic carbocycles. The van der Waals surface area contributed by atoms with Crippen LogP contribution in [0, 0.1) is 0 Å². The fraction of sp³-hybridized carbons (Fsp3) is 0.143. The van der Waals surface area contributed by atoms with Gasteiger partial charge in [0, 0.05) is 18.1 Å². The minimum absolute atomic E-state index is 0.0920. The van der Waals surface area contributed by atoms with Crippen LogP contribution in [0.1, 0.15) is 11.4 Å². The van der Waals surface area contributed by atoms with E-state index < -0.39 is 18.5 Å². The van der Waals surface area contributed by atoms with Crippen molar-refractivity contribution in [3.63, 3.8) is 0 Å². The molecule has 0 aliphatic heterocycles. The number of aromatic nitrogens is 4. The SMILES string of the molecule is FCc1cn(-c2ccccc2)c(-n2ccc(C(F)(F)F)n2)n1. The van der Waals surface area contributed by atoms with Gasteiger partial charge < -0.3 is 0 Å². The molecule has 0 aliphatic rings. The van der Waals surface area contributed by atoms with Crippen molar-refractivity contribution >= 4 is 0 Å². The average molecular weight is 310 g/mol. The number of nitrogens with zero attached hydrogens (tertiary/aromatic N) is 4. The highest BCUT2D eigenvalue weighted by atomic mass is 19.4. The number of hydrogen-bond acceptors (Lipinski definition) is 2. The summed E-state index contributed by atoms with van der Waals surface area (Å²) in [4.78, 5) is 3.99. The second-order valence-corrected chi connectivity index (χ2v) is 4.51. The maximum Gasteiger partial charge on any atom is 0.435 e. The second-order valence-electron chi connectivity index (χ2n) is 4.51. The molecule has 2 aromatic heterocycles. The Labute approximate surface area is 122 Å². The lowest BCUT2D eigenvalue weighted by atomic mass is 10.3. The Balaban J connectivity index is 2.11. The average Bonchev–Trinajstić information content (AvgIpc) is 3.14. The zero-order valence-electron chi connectivity index (χ0n) is 11.1. The van der Waals surface area contributed by atoms with E-state index in [2.05, 4.69) is 10.1 Å². The topological polar surface area (TPSA) is 35.6 Å². The highest BCUT2D eigenvalue weighted by Gasteiger charge is 2.34. The first-order chi connectivity index (χ1) is 10.5. The predicted octanol–water partition coefficient (Wildman–Crippen LogP) is 3.55. The van der Waals surface area contributed by atoms with Crippen LogP contribution in [0.3, 0.4) is 0 Å². The highest BCUT2D eigenvalue weighted by Crippen LogP contribution is 2.28. The first-order valence-corrected chi connectivity index (χ1v) is 6.32. The fourth-order valence-electron chi connectivity index (χ4n) is 2.01. The van der Waals surface area contributed by atoms with E-state index in [1.54, 1.807) is 30.3 Å². The summed E-state index contributed by atoms with van der Waals surface area (Å²) in [7, 11) is 0. The highest BCUT2D eigenvalue weighted by molar-refractivity contribution is 5.38. The van der Waals surface area contributed by atoms with Crippen LogP contribution in [0.4, 0.5) is 17.6 Å². The van der Waals surface area contributed by atoms with Crippen molar-refractivity contribution in [2.75, 3.05) is 0 Å². The van der Waals surface area contributed by atoms with Crippen molar-refractivity contribution in [3.05, 3.63) is 60.2 Å². The van der Waals surface area contributed by atoms with Crippen LogP contribution >= 0.6 is 0 Å². The molecule has 114 valence electrons. The van der Waals surface area contributed by atoms with Crippen LogP contribution in [0.5, 0.6) is 0 Å². The van der Waals surface area contributed by atoms with Crippen molar-refractivity contribution in [2.45, 2.75) is 12.9 Å². The van der Waals surface area contributed by atoms with Crippen LogP contribution in [0.15, 0.2) is 48.8 Å². The summed E-state index contributed by atoms with van der Waals surface area (Å²) in [6, 6.07) is 9.64. The van der Waals surface area contributed by atoms with E-state index in [0.717, 1.165) is 16.9 Å². The molecular formula is C14H10F4N4. The van der Waals surface area contributed by atoms with E-state index in [0.29, 0.717) is 5.69 Å². The predicted molar refractivity (Wildman–Crippen MR) is 70.5 cm³/mol. The van der Waals surface area contributed by atoms with Gasteiger partial charge >= 0.3 is 6.18 Å². The molecule has 0 fully saturated rings. The summed E-state index contributed by atoms with van der Waals surface area (Å²) in [6.07, 6.45) is -1.97. The lowest BCUT2D eigenvalue weighted by Gasteiger charge is -2.07. The van der Waals surface area contributed by atoms with Gasteiger partial charge in [-0.15, -0.1) is 0 Å². The normalized spacial score (nSPS) is 11.8. The van der Waals surface area contributed by atoms with Gasteiger partial charge in [0.2, 0.25) is 5.95 Å². The minimum Gasteiger partial charge on any atom is -0.284 e. The zero-order valence-corrected chi connectivity index (χ0v) is 11.1. The number of benzene rings is 1. The number of hydrogen-bond donors (Lipinski definition) is 0. The molecule has 0 atom stereocenters. The molecule has 4 nitrogen and oxygen atoms in total. The number of alkyl halides is 4. The van der Waals surface area contributed by atoms with Crippen molar-refractivity contribution in [3.8, 4) is 11.6 Å². The van der Waals surface area contributed by atoms with Crippen molar-refractivity contribution in [2.24, 2.45) is 0 Å². The molecule has 0 spiro atoms. The summed E-state index contributed by atoms with van der Waals surface area (Å²) in [5, 5.41) is 3.47. The molecule has 8 heteroatoms. The van der Waals surface area contributed by atoms with Gasteiger partial charge in [0.1, 0.15) is 6.67 Å². The lowest BCUT2D eigenvalue weighted by Crippen LogP contribution is -2.09. The van der Waals surface area contributed by atoms with Gasteiger partial charge in [-0.25, -0.2) is 14.1 Å². The van der Waals surface area contributed by atoms with E-state index in [9.17, 15) is 17.6 Å². The Morgan fingerprint density at radius 1 is 1.05 bits per heavy atom. The van der Waals surface area contributed by atoms with Gasteiger partial charge in [0.05, 0.1) is 5.69 Å². The number of para-hydroxylation sites is 1. The largest absolute Gasteiger partial charge is 0.435 e. The van der Waals surface area contributed by atoms with Gasteiger partial charge in [-0.1, -0.05) is 18.2 Å². The summed E-state index contributed by atoms with van der Waals surface area (Å²) in [5.74, 6) is 0.0920. The van der Waals surface area contributed by atoms with E-state index >= 15 is 0 Å². The van der Waals surface area contributed by atoms with Crippen molar-refractivity contribution < 1.29 is 17.6 Å². The maximum absolute atomic E-state index is 12.9. The Hall–Kier alpha value is -2.64. The minimum atomic E-state index is -4.54.